The Balaban J connectivity index is 1.73. The molecule has 0 radical (unpaired) electrons. The van der Waals surface area contributed by atoms with Crippen molar-refractivity contribution in [1.29, 1.82) is 0 Å². The summed E-state index contributed by atoms with van der Waals surface area (Å²) in [6.07, 6.45) is 1.68. The zero-order chi connectivity index (χ0) is 17.0. The Morgan fingerprint density at radius 3 is 2.58 bits per heavy atom. The maximum absolute atomic E-state index is 12.4. The Hall–Kier alpha value is -2.44. The van der Waals surface area contributed by atoms with Crippen molar-refractivity contribution in [3.05, 3.63) is 66.4 Å². The molecule has 3 aromatic rings. The van der Waals surface area contributed by atoms with Crippen LogP contribution in [0.1, 0.15) is 12.5 Å². The number of ether oxygens (including phenoxy) is 1. The molecule has 1 heterocycles. The van der Waals surface area contributed by atoms with Crippen molar-refractivity contribution in [1.82, 2.24) is 9.71 Å². The van der Waals surface area contributed by atoms with Crippen molar-refractivity contribution in [2.75, 3.05) is 6.61 Å². The number of fused-ring (bicyclic) bond motifs is 1. The van der Waals surface area contributed by atoms with Gasteiger partial charge in [-0.2, -0.15) is 0 Å². The average Bonchev–Trinajstić information content (AvgIpc) is 2.61. The molecule has 0 unspecified atom stereocenters. The minimum absolute atomic E-state index is 0.188. The van der Waals surface area contributed by atoms with Crippen molar-refractivity contribution < 1.29 is 13.2 Å². The standard InChI is InChI=1S/C18H18N2O3S/c1-2-23-16-7-9-17(10-8-16)24(21,22)20-13-14-11-15-5-3-4-6-18(15)19-12-14/h3-12,20H,2,13H2,1H3. The third kappa shape index (κ3) is 3.72. The van der Waals surface area contributed by atoms with Crippen LogP contribution in [0.5, 0.6) is 5.75 Å². The average molecular weight is 342 g/mol. The van der Waals surface area contributed by atoms with E-state index >= 15 is 0 Å². The molecular formula is C18H18N2O3S. The summed E-state index contributed by atoms with van der Waals surface area (Å²) in [5.74, 6) is 0.648. The molecule has 3 rings (SSSR count). The van der Waals surface area contributed by atoms with E-state index in [2.05, 4.69) is 9.71 Å². The van der Waals surface area contributed by atoms with Crippen molar-refractivity contribution in [2.45, 2.75) is 18.4 Å². The Morgan fingerprint density at radius 1 is 1.08 bits per heavy atom. The Morgan fingerprint density at radius 2 is 1.83 bits per heavy atom. The third-order valence-electron chi connectivity index (χ3n) is 3.56. The third-order valence-corrected chi connectivity index (χ3v) is 4.98. The molecule has 0 saturated carbocycles. The van der Waals surface area contributed by atoms with E-state index in [1.165, 1.54) is 12.1 Å². The lowest BCUT2D eigenvalue weighted by Crippen LogP contribution is -2.23. The van der Waals surface area contributed by atoms with Gasteiger partial charge >= 0.3 is 0 Å². The molecule has 24 heavy (non-hydrogen) atoms. The number of hydrogen-bond acceptors (Lipinski definition) is 4. The van der Waals surface area contributed by atoms with Crippen LogP contribution in [0.2, 0.25) is 0 Å². The number of hydrogen-bond donors (Lipinski definition) is 1. The number of para-hydroxylation sites is 1. The lowest BCUT2D eigenvalue weighted by molar-refractivity contribution is 0.340. The smallest absolute Gasteiger partial charge is 0.240 e. The zero-order valence-electron chi connectivity index (χ0n) is 13.3. The van der Waals surface area contributed by atoms with Crippen LogP contribution in [0.25, 0.3) is 10.9 Å². The number of nitrogens with one attached hydrogen (secondary N) is 1. The molecule has 6 heteroatoms. The summed E-state index contributed by atoms with van der Waals surface area (Å²) < 4.78 is 32.7. The minimum Gasteiger partial charge on any atom is -0.494 e. The lowest BCUT2D eigenvalue weighted by Gasteiger charge is -2.08. The van der Waals surface area contributed by atoms with Gasteiger partial charge < -0.3 is 4.74 Å². The first kappa shape index (κ1) is 16.4. The summed E-state index contributed by atoms with van der Waals surface area (Å²) in [5, 5.41) is 0.982. The normalized spacial score (nSPS) is 11.5. The van der Waals surface area contributed by atoms with Gasteiger partial charge in [-0.1, -0.05) is 18.2 Å². The van der Waals surface area contributed by atoms with Gasteiger partial charge in [0, 0.05) is 18.1 Å². The van der Waals surface area contributed by atoms with Crippen LogP contribution in [-0.2, 0) is 16.6 Å². The molecule has 0 saturated heterocycles. The van der Waals surface area contributed by atoms with Crippen LogP contribution < -0.4 is 9.46 Å². The molecule has 1 N–H and O–H groups in total. The summed E-state index contributed by atoms with van der Waals surface area (Å²) in [5.41, 5.74) is 1.69. The van der Waals surface area contributed by atoms with E-state index in [9.17, 15) is 8.42 Å². The predicted octanol–water partition coefficient (Wildman–Crippen LogP) is 3.11. The molecule has 124 valence electrons. The fraction of sp³-hybridized carbons (Fsp3) is 0.167. The number of aromatic nitrogens is 1. The highest BCUT2D eigenvalue weighted by molar-refractivity contribution is 7.89. The molecular weight excluding hydrogens is 324 g/mol. The second-order valence-corrected chi connectivity index (χ2v) is 7.03. The fourth-order valence-electron chi connectivity index (χ4n) is 2.36. The number of benzene rings is 2. The Bertz CT molecular complexity index is 938. The lowest BCUT2D eigenvalue weighted by atomic mass is 10.2. The van der Waals surface area contributed by atoms with Crippen molar-refractivity contribution >= 4 is 20.9 Å². The van der Waals surface area contributed by atoms with Gasteiger partial charge in [-0.05, 0) is 48.9 Å². The second-order valence-electron chi connectivity index (χ2n) is 5.27. The fourth-order valence-corrected chi connectivity index (χ4v) is 3.37. The van der Waals surface area contributed by atoms with Crippen molar-refractivity contribution in [3.63, 3.8) is 0 Å². The maximum atomic E-state index is 12.4. The highest BCUT2D eigenvalue weighted by Crippen LogP contribution is 2.17. The van der Waals surface area contributed by atoms with Crippen molar-refractivity contribution in [2.24, 2.45) is 0 Å². The van der Waals surface area contributed by atoms with E-state index in [1.54, 1.807) is 18.3 Å². The highest BCUT2D eigenvalue weighted by Gasteiger charge is 2.13. The van der Waals surface area contributed by atoms with Crippen LogP contribution >= 0.6 is 0 Å². The molecule has 0 aliphatic heterocycles. The molecule has 0 aliphatic rings. The first-order valence-corrected chi connectivity index (χ1v) is 9.13. The van der Waals surface area contributed by atoms with Gasteiger partial charge in [0.25, 0.3) is 0 Å². The van der Waals surface area contributed by atoms with E-state index in [4.69, 9.17) is 4.74 Å². The molecule has 0 spiro atoms. The second kappa shape index (κ2) is 6.98. The van der Waals surface area contributed by atoms with Gasteiger partial charge in [0.05, 0.1) is 17.0 Å². The van der Waals surface area contributed by atoms with Crippen LogP contribution in [0.15, 0.2) is 65.7 Å². The Labute approximate surface area is 141 Å². The topological polar surface area (TPSA) is 68.3 Å². The van der Waals surface area contributed by atoms with Gasteiger partial charge in [-0.3, -0.25) is 4.98 Å². The molecule has 1 aromatic heterocycles. The molecule has 0 bridgehead atoms. The summed E-state index contributed by atoms with van der Waals surface area (Å²) in [4.78, 5) is 4.54. The maximum Gasteiger partial charge on any atom is 0.240 e. The summed E-state index contributed by atoms with van der Waals surface area (Å²) in [6, 6.07) is 16.0. The number of nitrogens with zero attached hydrogens (tertiary/aromatic N) is 1. The highest BCUT2D eigenvalue weighted by atomic mass is 32.2. The van der Waals surface area contributed by atoms with E-state index in [0.717, 1.165) is 16.5 Å². The first-order valence-electron chi connectivity index (χ1n) is 7.65. The van der Waals surface area contributed by atoms with E-state index in [-0.39, 0.29) is 11.4 Å². The van der Waals surface area contributed by atoms with Crippen LogP contribution in [0, 0.1) is 0 Å². The van der Waals surface area contributed by atoms with E-state index in [1.807, 2.05) is 37.3 Å². The number of pyridine rings is 1. The molecule has 0 fully saturated rings. The molecule has 0 atom stereocenters. The minimum atomic E-state index is -3.58. The van der Waals surface area contributed by atoms with Gasteiger partial charge in [0.15, 0.2) is 0 Å². The van der Waals surface area contributed by atoms with Gasteiger partial charge in [-0.15, -0.1) is 0 Å². The summed E-state index contributed by atoms with van der Waals surface area (Å²) >= 11 is 0. The zero-order valence-corrected chi connectivity index (χ0v) is 14.1. The van der Waals surface area contributed by atoms with Gasteiger partial charge in [0.1, 0.15) is 5.75 Å². The predicted molar refractivity (Wildman–Crippen MR) is 93.4 cm³/mol. The van der Waals surface area contributed by atoms with E-state index < -0.39 is 10.0 Å². The van der Waals surface area contributed by atoms with Crippen molar-refractivity contribution in [3.8, 4) is 5.75 Å². The van der Waals surface area contributed by atoms with Gasteiger partial charge in [0.2, 0.25) is 10.0 Å². The number of rotatable bonds is 6. The SMILES string of the molecule is CCOc1ccc(S(=O)(=O)NCc2cnc3ccccc3c2)cc1. The molecule has 0 aliphatic carbocycles. The first-order chi connectivity index (χ1) is 11.6. The van der Waals surface area contributed by atoms with Crippen LogP contribution in [-0.4, -0.2) is 20.0 Å². The quantitative estimate of drug-likeness (QED) is 0.747. The number of sulfonamides is 1. The van der Waals surface area contributed by atoms with E-state index in [0.29, 0.717) is 12.4 Å². The Kier molecular flexibility index (Phi) is 4.78. The van der Waals surface area contributed by atoms with Crippen LogP contribution in [0.3, 0.4) is 0 Å². The summed E-state index contributed by atoms with van der Waals surface area (Å²) in [7, 11) is -3.58. The molecule has 0 amide bonds. The van der Waals surface area contributed by atoms with Crippen LogP contribution in [0.4, 0.5) is 0 Å². The monoisotopic (exact) mass is 342 g/mol. The largest absolute Gasteiger partial charge is 0.494 e. The molecule has 2 aromatic carbocycles. The summed E-state index contributed by atoms with van der Waals surface area (Å²) in [6.45, 7) is 2.61. The van der Waals surface area contributed by atoms with Gasteiger partial charge in [-0.25, -0.2) is 13.1 Å². The molecule has 5 nitrogen and oxygen atoms in total.